The molecular weight excluding hydrogens is 599 g/mol. The maximum Gasteiger partial charge on any atom is 0.161 e. The highest BCUT2D eigenvalue weighted by molar-refractivity contribution is 6.25. The van der Waals surface area contributed by atoms with Gasteiger partial charge in [0.2, 0.25) is 0 Å². The molecule has 5 nitrogen and oxygen atoms in total. The van der Waals surface area contributed by atoms with Gasteiger partial charge in [0.15, 0.2) is 6.29 Å². The number of benzene rings is 6. The predicted octanol–water partition coefficient (Wildman–Crippen LogP) is 9.98. The van der Waals surface area contributed by atoms with E-state index < -0.39 is 12.5 Å². The van der Waals surface area contributed by atoms with Crippen LogP contribution in [0.25, 0.3) is 55.0 Å². The number of rotatable bonds is 10. The first-order valence-corrected chi connectivity index (χ1v) is 17.2. The molecule has 2 unspecified atom stereocenters. The van der Waals surface area contributed by atoms with Gasteiger partial charge in [-0.25, -0.2) is 0 Å². The molecule has 8 rings (SSSR count). The van der Waals surface area contributed by atoms with Crippen molar-refractivity contribution in [1.29, 1.82) is 0 Å². The second kappa shape index (κ2) is 12.8. The lowest BCUT2D eigenvalue weighted by Gasteiger charge is -2.29. The topological polar surface area (TPSA) is 59.9 Å². The van der Waals surface area contributed by atoms with Crippen LogP contribution >= 0.6 is 0 Å². The zero-order valence-electron chi connectivity index (χ0n) is 28.0. The lowest BCUT2D eigenvalue weighted by Crippen LogP contribution is -2.42. The maximum atomic E-state index is 6.98. The van der Waals surface area contributed by atoms with Crippen molar-refractivity contribution in [1.82, 2.24) is 19.8 Å². The zero-order chi connectivity index (χ0) is 33.5. The summed E-state index contributed by atoms with van der Waals surface area (Å²) < 4.78 is 4.76. The molecule has 0 saturated carbocycles. The Morgan fingerprint density at radius 1 is 0.633 bits per heavy atom. The number of hydrogen-bond donors (Lipinski definition) is 3. The molecule has 8 aromatic rings. The highest BCUT2D eigenvalue weighted by Crippen LogP contribution is 2.41. The first-order valence-electron chi connectivity index (χ1n) is 17.2. The Balaban J connectivity index is 1.36. The fourth-order valence-corrected chi connectivity index (χ4v) is 7.26. The van der Waals surface area contributed by atoms with Gasteiger partial charge in [-0.1, -0.05) is 130 Å². The first-order chi connectivity index (χ1) is 24.1. The van der Waals surface area contributed by atoms with Crippen molar-refractivity contribution in [2.24, 2.45) is 5.73 Å². The smallest absolute Gasteiger partial charge is 0.161 e. The number of nitrogens with two attached hydrogens (primary N) is 1. The second-order valence-corrected chi connectivity index (χ2v) is 12.7. The predicted molar refractivity (Wildman–Crippen MR) is 207 cm³/mol. The third-order valence-corrected chi connectivity index (χ3v) is 9.89. The van der Waals surface area contributed by atoms with Gasteiger partial charge in [-0.3, -0.25) is 5.32 Å². The van der Waals surface area contributed by atoms with Crippen molar-refractivity contribution in [2.45, 2.75) is 39.1 Å². The van der Waals surface area contributed by atoms with E-state index in [4.69, 9.17) is 5.73 Å². The van der Waals surface area contributed by atoms with Gasteiger partial charge < -0.3 is 20.2 Å². The standard InChI is InChI=1S/C44H41N5/c1-4-30-19-23-32(24-20-30)29(3)46-44(47-43(45)33-25-21-31(5-2)22-26-33)49-39-18-12-10-16-37(39)41-40(49)28-27-36-35-15-9-11-17-38(35)48(42(36)41)34-13-7-6-8-14-34/h6-28,43-44,46-47H,3-5,45H2,1-2H3. The van der Waals surface area contributed by atoms with Crippen LogP contribution in [0.2, 0.25) is 0 Å². The van der Waals surface area contributed by atoms with Crippen LogP contribution in [0, 0.1) is 0 Å². The summed E-state index contributed by atoms with van der Waals surface area (Å²) in [6.07, 6.45) is 1.12. The third kappa shape index (κ3) is 5.38. The summed E-state index contributed by atoms with van der Waals surface area (Å²) in [5.41, 5.74) is 18.1. The minimum absolute atomic E-state index is 0.423. The van der Waals surface area contributed by atoms with Crippen molar-refractivity contribution in [3.05, 3.63) is 168 Å². The summed E-state index contributed by atoms with van der Waals surface area (Å²) in [6, 6.07) is 49.8. The number of aryl methyl sites for hydroxylation is 2. The Bertz CT molecular complexity index is 2430. The Kier molecular flexibility index (Phi) is 8.00. The van der Waals surface area contributed by atoms with E-state index in [9.17, 15) is 0 Å². The number of hydrogen-bond acceptors (Lipinski definition) is 3. The summed E-state index contributed by atoms with van der Waals surface area (Å²) in [6.45, 7) is 8.86. The van der Waals surface area contributed by atoms with Crippen molar-refractivity contribution in [3.63, 3.8) is 0 Å². The molecule has 0 aliphatic rings. The molecule has 49 heavy (non-hydrogen) atoms. The molecule has 0 amide bonds. The number of nitrogens with one attached hydrogen (secondary N) is 2. The lowest BCUT2D eigenvalue weighted by atomic mass is 10.1. The molecule has 2 heterocycles. The molecule has 242 valence electrons. The molecule has 2 atom stereocenters. The molecule has 0 aliphatic carbocycles. The molecule has 0 aliphatic heterocycles. The van der Waals surface area contributed by atoms with Crippen LogP contribution in [0.5, 0.6) is 0 Å². The number of fused-ring (bicyclic) bond motifs is 7. The third-order valence-electron chi connectivity index (χ3n) is 9.89. The summed E-state index contributed by atoms with van der Waals surface area (Å²) in [5.74, 6) is 0. The summed E-state index contributed by atoms with van der Waals surface area (Å²) in [7, 11) is 0. The van der Waals surface area contributed by atoms with E-state index in [0.29, 0.717) is 0 Å². The Hall–Kier alpha value is -5.62. The molecule has 0 saturated heterocycles. The van der Waals surface area contributed by atoms with Crippen LogP contribution in [-0.2, 0) is 12.8 Å². The van der Waals surface area contributed by atoms with E-state index >= 15 is 0 Å². The average molecular weight is 640 g/mol. The van der Waals surface area contributed by atoms with Crippen molar-refractivity contribution in [2.75, 3.05) is 0 Å². The van der Waals surface area contributed by atoms with Crippen LogP contribution < -0.4 is 16.4 Å². The van der Waals surface area contributed by atoms with Gasteiger partial charge >= 0.3 is 0 Å². The van der Waals surface area contributed by atoms with Crippen LogP contribution in [0.1, 0.15) is 48.6 Å². The Morgan fingerprint density at radius 3 is 1.94 bits per heavy atom. The largest absolute Gasteiger partial charge is 0.353 e. The van der Waals surface area contributed by atoms with Crippen molar-refractivity contribution >= 4 is 49.3 Å². The minimum Gasteiger partial charge on any atom is -0.353 e. The van der Waals surface area contributed by atoms with Crippen LogP contribution in [-0.4, -0.2) is 9.13 Å². The average Bonchev–Trinajstić information content (AvgIpc) is 3.68. The van der Waals surface area contributed by atoms with Gasteiger partial charge in [-0.15, -0.1) is 0 Å². The molecule has 6 aromatic carbocycles. The van der Waals surface area contributed by atoms with Crippen molar-refractivity contribution in [3.8, 4) is 5.69 Å². The highest BCUT2D eigenvalue weighted by atomic mass is 15.3. The van der Waals surface area contributed by atoms with E-state index in [1.165, 1.54) is 43.7 Å². The molecule has 0 spiro atoms. The SMILES string of the molecule is C=C(NC(NC(N)c1ccc(CC)cc1)n1c2ccccc2c2c3c(ccc21)c1ccccc1n3-c1ccccc1)c1ccc(CC)cc1. The van der Waals surface area contributed by atoms with Crippen molar-refractivity contribution < 1.29 is 0 Å². The molecular formula is C44H41N5. The fraction of sp³-hybridized carbons (Fsp3) is 0.136. The molecule has 2 aromatic heterocycles. The first kappa shape index (κ1) is 30.7. The second-order valence-electron chi connectivity index (χ2n) is 12.7. The highest BCUT2D eigenvalue weighted by Gasteiger charge is 2.25. The molecule has 5 heteroatoms. The Labute approximate surface area is 287 Å². The van der Waals surface area contributed by atoms with Gasteiger partial charge in [0.1, 0.15) is 0 Å². The van der Waals surface area contributed by atoms with E-state index in [1.807, 2.05) is 0 Å². The summed E-state index contributed by atoms with van der Waals surface area (Å²) in [4.78, 5) is 0. The van der Waals surface area contributed by atoms with E-state index in [1.54, 1.807) is 0 Å². The summed E-state index contributed by atoms with van der Waals surface area (Å²) >= 11 is 0. The van der Waals surface area contributed by atoms with Gasteiger partial charge in [0, 0.05) is 32.9 Å². The molecule has 0 bridgehead atoms. The van der Waals surface area contributed by atoms with Crippen LogP contribution in [0.3, 0.4) is 0 Å². The van der Waals surface area contributed by atoms with Gasteiger partial charge in [-0.05, 0) is 65.4 Å². The normalized spacial score (nSPS) is 13.0. The van der Waals surface area contributed by atoms with Gasteiger partial charge in [0.25, 0.3) is 0 Å². The van der Waals surface area contributed by atoms with Gasteiger partial charge in [-0.2, -0.15) is 0 Å². The lowest BCUT2D eigenvalue weighted by molar-refractivity contribution is 0.344. The van der Waals surface area contributed by atoms with E-state index in [2.05, 4.69) is 180 Å². The molecule has 0 fully saturated rings. The van der Waals surface area contributed by atoms with Gasteiger partial charge in [0.05, 0.1) is 28.2 Å². The van der Waals surface area contributed by atoms with E-state index in [-0.39, 0.29) is 0 Å². The van der Waals surface area contributed by atoms with Crippen LogP contribution in [0.15, 0.2) is 146 Å². The fourth-order valence-electron chi connectivity index (χ4n) is 7.26. The molecule has 0 radical (unpaired) electrons. The molecule has 4 N–H and O–H groups in total. The number of aromatic nitrogens is 2. The number of para-hydroxylation sites is 3. The monoisotopic (exact) mass is 639 g/mol. The maximum absolute atomic E-state index is 6.98. The Morgan fingerprint density at radius 2 is 1.24 bits per heavy atom. The number of nitrogens with zero attached hydrogens (tertiary/aromatic N) is 2. The van der Waals surface area contributed by atoms with Crippen LogP contribution in [0.4, 0.5) is 0 Å². The zero-order valence-corrected chi connectivity index (χ0v) is 28.0. The van der Waals surface area contributed by atoms with E-state index in [0.717, 1.165) is 46.4 Å². The quantitative estimate of drug-likeness (QED) is 0.131. The summed E-state index contributed by atoms with van der Waals surface area (Å²) in [5, 5.41) is 12.4. The minimum atomic E-state index is -0.436.